The average Bonchev–Trinajstić information content (AvgIpc) is 2.59. The van der Waals surface area contributed by atoms with Crippen LogP contribution in [0, 0.1) is 13.8 Å². The van der Waals surface area contributed by atoms with Crippen molar-refractivity contribution in [1.29, 1.82) is 0 Å². The second-order valence-corrected chi connectivity index (χ2v) is 5.59. The second kappa shape index (κ2) is 4.99. The van der Waals surface area contributed by atoms with Gasteiger partial charge in [-0.1, -0.05) is 22.9 Å². The summed E-state index contributed by atoms with van der Waals surface area (Å²) < 4.78 is 7.16. The number of halogens is 1. The van der Waals surface area contributed by atoms with Crippen molar-refractivity contribution in [2.75, 3.05) is 6.54 Å². The zero-order chi connectivity index (χ0) is 12.6. The van der Waals surface area contributed by atoms with E-state index in [1.54, 1.807) is 0 Å². The highest BCUT2D eigenvalue weighted by Gasteiger charge is 2.33. The summed E-state index contributed by atoms with van der Waals surface area (Å²) in [7, 11) is 0. The molecule has 2 unspecified atom stereocenters. The Morgan fingerprint density at radius 2 is 2.12 bits per heavy atom. The SMILES string of the molecule is CCCNC1c2c(cc(C)c(Br)c2C)OC1C. The molecule has 1 heterocycles. The van der Waals surface area contributed by atoms with Crippen LogP contribution in [0.15, 0.2) is 10.5 Å². The van der Waals surface area contributed by atoms with Gasteiger partial charge in [-0.2, -0.15) is 0 Å². The predicted octanol–water partition coefficient (Wildman–Crippen LogP) is 3.89. The van der Waals surface area contributed by atoms with Crippen molar-refractivity contribution in [2.24, 2.45) is 0 Å². The smallest absolute Gasteiger partial charge is 0.125 e. The van der Waals surface area contributed by atoms with E-state index in [1.807, 2.05) is 0 Å². The van der Waals surface area contributed by atoms with Crippen molar-refractivity contribution < 1.29 is 4.74 Å². The molecule has 2 rings (SSSR count). The molecule has 2 nitrogen and oxygen atoms in total. The summed E-state index contributed by atoms with van der Waals surface area (Å²) in [4.78, 5) is 0. The maximum Gasteiger partial charge on any atom is 0.125 e. The Labute approximate surface area is 112 Å². The van der Waals surface area contributed by atoms with E-state index in [-0.39, 0.29) is 6.10 Å². The number of benzene rings is 1. The van der Waals surface area contributed by atoms with Crippen molar-refractivity contribution in [3.05, 3.63) is 27.2 Å². The van der Waals surface area contributed by atoms with E-state index in [1.165, 1.54) is 21.2 Å². The molecular formula is C14H20BrNO. The Balaban J connectivity index is 2.41. The maximum atomic E-state index is 5.95. The zero-order valence-electron chi connectivity index (χ0n) is 10.9. The van der Waals surface area contributed by atoms with Crippen molar-refractivity contribution in [1.82, 2.24) is 5.32 Å². The van der Waals surface area contributed by atoms with Crippen LogP contribution in [0.4, 0.5) is 0 Å². The molecule has 1 N–H and O–H groups in total. The van der Waals surface area contributed by atoms with Crippen molar-refractivity contribution in [3.8, 4) is 5.75 Å². The molecule has 17 heavy (non-hydrogen) atoms. The molecular weight excluding hydrogens is 278 g/mol. The molecule has 0 bridgehead atoms. The molecule has 3 heteroatoms. The first kappa shape index (κ1) is 12.9. The lowest BCUT2D eigenvalue weighted by Gasteiger charge is -2.18. The molecule has 0 saturated carbocycles. The summed E-state index contributed by atoms with van der Waals surface area (Å²) in [5.74, 6) is 1.05. The predicted molar refractivity (Wildman–Crippen MR) is 74.7 cm³/mol. The normalized spacial score (nSPS) is 22.4. The molecule has 0 aromatic heterocycles. The monoisotopic (exact) mass is 297 g/mol. The van der Waals surface area contributed by atoms with Crippen LogP contribution >= 0.6 is 15.9 Å². The van der Waals surface area contributed by atoms with Gasteiger partial charge < -0.3 is 10.1 Å². The first-order chi connectivity index (χ1) is 8.06. The summed E-state index contributed by atoms with van der Waals surface area (Å²) in [6, 6.07) is 2.46. The Hall–Kier alpha value is -0.540. The lowest BCUT2D eigenvalue weighted by atomic mass is 9.97. The fourth-order valence-electron chi connectivity index (χ4n) is 2.49. The Morgan fingerprint density at radius 1 is 1.41 bits per heavy atom. The first-order valence-electron chi connectivity index (χ1n) is 6.25. The van der Waals surface area contributed by atoms with Gasteiger partial charge in [0, 0.05) is 10.0 Å². The maximum absolute atomic E-state index is 5.95. The van der Waals surface area contributed by atoms with Crippen LogP contribution in [0.5, 0.6) is 5.75 Å². The molecule has 1 aliphatic rings. The van der Waals surface area contributed by atoms with Crippen LogP contribution in [0.3, 0.4) is 0 Å². The Bertz CT molecular complexity index is 431. The number of hydrogen-bond donors (Lipinski definition) is 1. The van der Waals surface area contributed by atoms with E-state index in [0.29, 0.717) is 6.04 Å². The number of fused-ring (bicyclic) bond motifs is 1. The van der Waals surface area contributed by atoms with E-state index in [4.69, 9.17) is 4.74 Å². The van der Waals surface area contributed by atoms with Crippen molar-refractivity contribution in [3.63, 3.8) is 0 Å². The van der Waals surface area contributed by atoms with Crippen LogP contribution < -0.4 is 10.1 Å². The van der Waals surface area contributed by atoms with Gasteiger partial charge in [0.25, 0.3) is 0 Å². The summed E-state index contributed by atoms with van der Waals surface area (Å²) in [5, 5.41) is 3.58. The first-order valence-corrected chi connectivity index (χ1v) is 7.05. The number of nitrogens with one attached hydrogen (secondary N) is 1. The van der Waals surface area contributed by atoms with E-state index in [0.717, 1.165) is 18.7 Å². The molecule has 0 aliphatic carbocycles. The highest BCUT2D eigenvalue weighted by molar-refractivity contribution is 9.10. The summed E-state index contributed by atoms with van der Waals surface area (Å²) >= 11 is 3.66. The standard InChI is InChI=1S/C14H20BrNO/c1-5-6-16-14-10(4)17-11-7-8(2)13(15)9(3)12(11)14/h7,10,14,16H,5-6H2,1-4H3. The third-order valence-corrected chi connectivity index (χ3v) is 4.62. The van der Waals surface area contributed by atoms with Crippen LogP contribution in [-0.2, 0) is 0 Å². The fraction of sp³-hybridized carbons (Fsp3) is 0.571. The highest BCUT2D eigenvalue weighted by atomic mass is 79.9. The summed E-state index contributed by atoms with van der Waals surface area (Å²) in [6.07, 6.45) is 1.36. The van der Waals surface area contributed by atoms with Gasteiger partial charge in [-0.3, -0.25) is 0 Å². The number of ether oxygens (including phenoxy) is 1. The number of hydrogen-bond acceptors (Lipinski definition) is 2. The number of aryl methyl sites for hydroxylation is 1. The zero-order valence-corrected chi connectivity index (χ0v) is 12.5. The van der Waals surface area contributed by atoms with E-state index in [2.05, 4.69) is 55.0 Å². The second-order valence-electron chi connectivity index (χ2n) is 4.80. The Kier molecular flexibility index (Phi) is 3.79. The van der Waals surface area contributed by atoms with E-state index >= 15 is 0 Å². The van der Waals surface area contributed by atoms with Crippen LogP contribution in [0.25, 0.3) is 0 Å². The quantitative estimate of drug-likeness (QED) is 0.914. The lowest BCUT2D eigenvalue weighted by molar-refractivity contribution is 0.209. The van der Waals surface area contributed by atoms with Gasteiger partial charge in [0.1, 0.15) is 11.9 Å². The molecule has 94 valence electrons. The molecule has 0 amide bonds. The van der Waals surface area contributed by atoms with Gasteiger partial charge >= 0.3 is 0 Å². The van der Waals surface area contributed by atoms with Gasteiger partial charge in [-0.15, -0.1) is 0 Å². The minimum Gasteiger partial charge on any atom is -0.488 e. The molecule has 0 saturated heterocycles. The molecule has 0 radical (unpaired) electrons. The van der Waals surface area contributed by atoms with Crippen LogP contribution in [0.2, 0.25) is 0 Å². The Morgan fingerprint density at radius 3 is 2.76 bits per heavy atom. The van der Waals surface area contributed by atoms with Gasteiger partial charge in [0.05, 0.1) is 6.04 Å². The third-order valence-electron chi connectivity index (χ3n) is 3.40. The van der Waals surface area contributed by atoms with Gasteiger partial charge in [0.2, 0.25) is 0 Å². The molecule has 2 atom stereocenters. The molecule has 1 aliphatic heterocycles. The van der Waals surface area contributed by atoms with Crippen LogP contribution in [0.1, 0.15) is 43.0 Å². The van der Waals surface area contributed by atoms with Gasteiger partial charge in [-0.05, 0) is 50.9 Å². The minimum absolute atomic E-state index is 0.212. The van der Waals surface area contributed by atoms with Gasteiger partial charge in [0.15, 0.2) is 0 Å². The number of rotatable bonds is 3. The largest absolute Gasteiger partial charge is 0.488 e. The van der Waals surface area contributed by atoms with E-state index < -0.39 is 0 Å². The molecule has 1 aromatic carbocycles. The molecule has 1 aromatic rings. The van der Waals surface area contributed by atoms with Gasteiger partial charge in [-0.25, -0.2) is 0 Å². The molecule has 0 spiro atoms. The fourth-order valence-corrected chi connectivity index (χ4v) is 2.82. The minimum atomic E-state index is 0.212. The summed E-state index contributed by atoms with van der Waals surface area (Å²) in [5.41, 5.74) is 3.87. The topological polar surface area (TPSA) is 21.3 Å². The summed E-state index contributed by atoms with van der Waals surface area (Å²) in [6.45, 7) is 9.63. The van der Waals surface area contributed by atoms with Crippen LogP contribution in [-0.4, -0.2) is 12.6 Å². The van der Waals surface area contributed by atoms with E-state index in [9.17, 15) is 0 Å². The highest BCUT2D eigenvalue weighted by Crippen LogP contribution is 2.42. The van der Waals surface area contributed by atoms with Crippen molar-refractivity contribution in [2.45, 2.75) is 46.3 Å². The van der Waals surface area contributed by atoms with Crippen molar-refractivity contribution >= 4 is 15.9 Å². The third kappa shape index (κ3) is 2.23. The lowest BCUT2D eigenvalue weighted by Crippen LogP contribution is -2.29. The molecule has 0 fully saturated rings. The average molecular weight is 298 g/mol.